The molecule has 1 aliphatic carbocycles. The largest absolute Gasteiger partial charge is 0.361 e. The number of carbonyl (C=O) groups is 1. The van der Waals surface area contributed by atoms with E-state index in [1.807, 2.05) is 52.3 Å². The number of fused-ring (bicyclic) bond motifs is 4. The van der Waals surface area contributed by atoms with Gasteiger partial charge < -0.3 is 14.8 Å². The number of aryl methyl sites for hydroxylation is 2. The summed E-state index contributed by atoms with van der Waals surface area (Å²) in [5.74, 6) is 1.11. The smallest absolute Gasteiger partial charge is 0.254 e. The van der Waals surface area contributed by atoms with Crippen molar-refractivity contribution >= 4 is 28.1 Å². The molecule has 3 aromatic heterocycles. The number of nitrogens with zero attached hydrogens (tertiary/aromatic N) is 5. The third kappa shape index (κ3) is 2.69. The Morgan fingerprint density at radius 1 is 1.03 bits per heavy atom. The molecule has 0 unspecified atom stereocenters. The highest BCUT2D eigenvalue weighted by atomic mass is 16.2. The molecule has 0 radical (unpaired) electrons. The second-order valence-corrected chi connectivity index (χ2v) is 8.20. The molecular formula is C23H24N6O. The number of nitrogens with one attached hydrogen (secondary N) is 1. The molecule has 1 aliphatic heterocycles. The lowest BCUT2D eigenvalue weighted by molar-refractivity contribution is 0.0748. The maximum atomic E-state index is 13.2. The molecule has 4 aromatic rings. The molecule has 1 saturated heterocycles. The molecule has 1 amide bonds. The second-order valence-electron chi connectivity index (χ2n) is 8.20. The first kappa shape index (κ1) is 17.5. The van der Waals surface area contributed by atoms with E-state index in [4.69, 9.17) is 10.1 Å². The van der Waals surface area contributed by atoms with Crippen LogP contribution >= 0.6 is 0 Å². The van der Waals surface area contributed by atoms with Crippen LogP contribution in [0.15, 0.2) is 42.9 Å². The van der Waals surface area contributed by atoms with E-state index in [2.05, 4.69) is 9.88 Å². The molecule has 2 aliphatic rings. The van der Waals surface area contributed by atoms with Crippen molar-refractivity contribution in [1.82, 2.24) is 24.5 Å². The van der Waals surface area contributed by atoms with Gasteiger partial charge in [0.1, 0.15) is 5.52 Å². The van der Waals surface area contributed by atoms with Crippen LogP contribution in [0.3, 0.4) is 0 Å². The maximum absolute atomic E-state index is 13.2. The molecule has 6 rings (SSSR count). The van der Waals surface area contributed by atoms with Gasteiger partial charge in [-0.05, 0) is 43.9 Å². The average Bonchev–Trinajstić information content (AvgIpc) is 3.43. The van der Waals surface area contributed by atoms with Crippen LogP contribution in [0.4, 0.5) is 5.82 Å². The normalized spacial score (nSPS) is 16.9. The molecular weight excluding hydrogens is 376 g/mol. The minimum absolute atomic E-state index is 0.104. The fourth-order valence-corrected chi connectivity index (χ4v) is 4.94. The maximum Gasteiger partial charge on any atom is 0.254 e. The van der Waals surface area contributed by atoms with Crippen LogP contribution in [-0.2, 0) is 12.8 Å². The molecule has 7 heteroatoms. The van der Waals surface area contributed by atoms with E-state index < -0.39 is 0 Å². The number of hydrogen-bond acceptors (Lipinski definition) is 4. The number of aromatic nitrogens is 4. The van der Waals surface area contributed by atoms with Crippen molar-refractivity contribution in [3.8, 4) is 0 Å². The highest BCUT2D eigenvalue weighted by molar-refractivity contribution is 6.06. The number of rotatable bonds is 2. The van der Waals surface area contributed by atoms with Crippen LogP contribution in [0, 0.1) is 0 Å². The van der Waals surface area contributed by atoms with Gasteiger partial charge in [0.25, 0.3) is 5.91 Å². The molecule has 1 N–H and O–H groups in total. The van der Waals surface area contributed by atoms with Gasteiger partial charge in [-0.1, -0.05) is 6.07 Å². The quantitative estimate of drug-likeness (QED) is 0.562. The van der Waals surface area contributed by atoms with Gasteiger partial charge in [0.15, 0.2) is 5.82 Å². The molecule has 1 fully saturated rings. The summed E-state index contributed by atoms with van der Waals surface area (Å²) in [7, 11) is 0. The standard InChI is InChI=1S/C23H24N6O/c30-23(17-5-3-7-19-16(17)8-9-24-19)28-14-12-27(13-15-28)22-21-18-4-1-2-6-20(18)26-29(21)11-10-25-22/h3,5,7-11,24H,1-2,4,6,12-15H2. The summed E-state index contributed by atoms with van der Waals surface area (Å²) < 4.78 is 2.00. The van der Waals surface area contributed by atoms with Crippen LogP contribution < -0.4 is 4.90 Å². The fraction of sp³-hybridized carbons (Fsp3) is 0.348. The van der Waals surface area contributed by atoms with Crippen molar-refractivity contribution < 1.29 is 4.79 Å². The average molecular weight is 400 g/mol. The van der Waals surface area contributed by atoms with E-state index >= 15 is 0 Å². The van der Waals surface area contributed by atoms with Crippen molar-refractivity contribution in [1.29, 1.82) is 0 Å². The first-order valence-corrected chi connectivity index (χ1v) is 10.7. The fourth-order valence-electron chi connectivity index (χ4n) is 4.94. The van der Waals surface area contributed by atoms with Crippen LogP contribution in [0.2, 0.25) is 0 Å². The molecule has 0 spiro atoms. The highest BCUT2D eigenvalue weighted by Crippen LogP contribution is 2.30. The number of hydrogen-bond donors (Lipinski definition) is 1. The van der Waals surface area contributed by atoms with Crippen LogP contribution in [0.1, 0.15) is 34.5 Å². The zero-order valence-electron chi connectivity index (χ0n) is 16.8. The SMILES string of the molecule is O=C(c1cccc2[nH]ccc12)N1CCN(c2nccn3nc4c(c23)CCCC4)CC1. The van der Waals surface area contributed by atoms with Gasteiger partial charge in [0.05, 0.1) is 5.69 Å². The molecule has 0 bridgehead atoms. The first-order valence-electron chi connectivity index (χ1n) is 10.7. The van der Waals surface area contributed by atoms with Gasteiger partial charge in [0, 0.05) is 66.8 Å². The predicted molar refractivity (Wildman–Crippen MR) is 116 cm³/mol. The van der Waals surface area contributed by atoms with Gasteiger partial charge in [-0.2, -0.15) is 5.10 Å². The number of aromatic amines is 1. The second kappa shape index (κ2) is 6.86. The van der Waals surface area contributed by atoms with Crippen LogP contribution in [-0.4, -0.2) is 56.6 Å². The minimum atomic E-state index is 0.104. The van der Waals surface area contributed by atoms with Gasteiger partial charge >= 0.3 is 0 Å². The number of H-pyrrole nitrogens is 1. The summed E-state index contributed by atoms with van der Waals surface area (Å²) in [4.78, 5) is 25.4. The summed E-state index contributed by atoms with van der Waals surface area (Å²) in [5, 5.41) is 5.79. The Hall–Kier alpha value is -3.35. The van der Waals surface area contributed by atoms with E-state index in [1.165, 1.54) is 24.1 Å². The van der Waals surface area contributed by atoms with Crippen molar-refractivity contribution in [2.45, 2.75) is 25.7 Å². The van der Waals surface area contributed by atoms with Crippen LogP contribution in [0.25, 0.3) is 16.4 Å². The molecule has 30 heavy (non-hydrogen) atoms. The van der Waals surface area contributed by atoms with Gasteiger partial charge in [-0.25, -0.2) is 9.50 Å². The number of anilines is 1. The summed E-state index contributed by atoms with van der Waals surface area (Å²) in [5.41, 5.74) is 5.52. The number of benzene rings is 1. The van der Waals surface area contributed by atoms with Crippen molar-refractivity contribution in [2.75, 3.05) is 31.1 Å². The Balaban J connectivity index is 1.26. The summed E-state index contributed by atoms with van der Waals surface area (Å²) in [6.07, 6.45) is 10.3. The number of piperazine rings is 1. The Labute approximate surface area is 174 Å². The van der Waals surface area contributed by atoms with Gasteiger partial charge in [-0.15, -0.1) is 0 Å². The zero-order valence-corrected chi connectivity index (χ0v) is 16.8. The third-order valence-corrected chi connectivity index (χ3v) is 6.49. The van der Waals surface area contributed by atoms with Crippen molar-refractivity contribution in [3.05, 3.63) is 59.7 Å². The van der Waals surface area contributed by atoms with Gasteiger partial charge in [0.2, 0.25) is 0 Å². The van der Waals surface area contributed by atoms with E-state index in [0.29, 0.717) is 13.1 Å². The lowest BCUT2D eigenvalue weighted by atomic mass is 9.97. The van der Waals surface area contributed by atoms with E-state index in [-0.39, 0.29) is 5.91 Å². The highest BCUT2D eigenvalue weighted by Gasteiger charge is 2.27. The Morgan fingerprint density at radius 2 is 1.90 bits per heavy atom. The number of carbonyl (C=O) groups excluding carboxylic acids is 1. The molecule has 1 aromatic carbocycles. The monoisotopic (exact) mass is 400 g/mol. The summed E-state index contributed by atoms with van der Waals surface area (Å²) in [6, 6.07) is 7.84. The molecule has 0 saturated carbocycles. The van der Waals surface area contributed by atoms with E-state index in [1.54, 1.807) is 0 Å². The van der Waals surface area contributed by atoms with E-state index in [0.717, 1.165) is 53.7 Å². The summed E-state index contributed by atoms with van der Waals surface area (Å²) >= 11 is 0. The van der Waals surface area contributed by atoms with Crippen molar-refractivity contribution in [3.63, 3.8) is 0 Å². The van der Waals surface area contributed by atoms with Crippen molar-refractivity contribution in [2.24, 2.45) is 0 Å². The van der Waals surface area contributed by atoms with Crippen LogP contribution in [0.5, 0.6) is 0 Å². The van der Waals surface area contributed by atoms with E-state index in [9.17, 15) is 4.79 Å². The third-order valence-electron chi connectivity index (χ3n) is 6.49. The zero-order chi connectivity index (χ0) is 20.1. The summed E-state index contributed by atoms with van der Waals surface area (Å²) in [6.45, 7) is 2.94. The number of amides is 1. The first-order chi connectivity index (χ1) is 14.8. The Morgan fingerprint density at radius 3 is 2.80 bits per heavy atom. The molecule has 4 heterocycles. The molecule has 0 atom stereocenters. The Kier molecular flexibility index (Phi) is 4.00. The topological polar surface area (TPSA) is 69.5 Å². The lowest BCUT2D eigenvalue weighted by Crippen LogP contribution is -2.49. The molecule has 152 valence electrons. The predicted octanol–water partition coefficient (Wildman–Crippen LogP) is 3.05. The minimum Gasteiger partial charge on any atom is -0.361 e. The lowest BCUT2D eigenvalue weighted by Gasteiger charge is -2.35. The van der Waals surface area contributed by atoms with Gasteiger partial charge in [-0.3, -0.25) is 4.79 Å². The Bertz CT molecular complexity index is 1250. The molecule has 7 nitrogen and oxygen atoms in total.